The van der Waals surface area contributed by atoms with Gasteiger partial charge in [0.25, 0.3) is 20.2 Å². The maximum Gasteiger partial charge on any atom is 0.425 e. The molecule has 0 saturated carbocycles. The van der Waals surface area contributed by atoms with Crippen molar-refractivity contribution in [1.29, 1.82) is 0 Å². The van der Waals surface area contributed by atoms with E-state index in [1.165, 1.54) is 44.6 Å². The summed E-state index contributed by atoms with van der Waals surface area (Å²) >= 11 is 0. The minimum atomic E-state index is -4.96. The van der Waals surface area contributed by atoms with Crippen LogP contribution in [0.25, 0.3) is 10.8 Å². The molecule has 20 nitrogen and oxygen atoms in total. The summed E-state index contributed by atoms with van der Waals surface area (Å²) in [4.78, 5) is -1.26. The third-order valence-corrected chi connectivity index (χ3v) is 10.2. The smallest absolute Gasteiger partial charge is 0.425 e. The van der Waals surface area contributed by atoms with Crippen molar-refractivity contribution in [3.05, 3.63) is 108 Å². The molecule has 0 aliphatic rings. The largest absolute Gasteiger partial charge is 0.505 e. The molecular weight excluding hydrogens is 857 g/mol. The Morgan fingerprint density at radius 1 is 0.607 bits per heavy atom. The molecule has 0 radical (unpaired) electrons. The van der Waals surface area contributed by atoms with E-state index in [2.05, 4.69) is 36.0 Å². The molecule has 0 saturated heterocycles. The Morgan fingerprint density at radius 2 is 1.10 bits per heavy atom. The van der Waals surface area contributed by atoms with Crippen LogP contribution in [-0.2, 0) is 30.8 Å². The summed E-state index contributed by atoms with van der Waals surface area (Å²) in [5, 5.41) is 40.1. The Bertz CT molecular complexity index is 3090. The zero-order chi connectivity index (χ0) is 44.6. The molecule has 6 aromatic rings. The number of benzene rings is 6. The number of fused-ring (bicyclic) bond motifs is 1. The van der Waals surface area contributed by atoms with Crippen LogP contribution < -0.4 is 20.5 Å². The maximum absolute atomic E-state index is 12.6. The van der Waals surface area contributed by atoms with Crippen molar-refractivity contribution in [2.24, 2.45) is 30.7 Å². The van der Waals surface area contributed by atoms with Crippen LogP contribution in [0, 0.1) is 13.8 Å². The van der Waals surface area contributed by atoms with Crippen molar-refractivity contribution in [1.82, 2.24) is 0 Å². The van der Waals surface area contributed by atoms with Crippen LogP contribution in [0.5, 0.6) is 17.2 Å². The predicted molar refractivity (Wildman–Crippen MR) is 224 cm³/mol. The molecule has 0 heterocycles. The molecule has 0 aliphatic heterocycles. The second kappa shape index (κ2) is 18.8. The van der Waals surface area contributed by atoms with Gasteiger partial charge in [-0.25, -0.2) is 0 Å². The van der Waals surface area contributed by atoms with Crippen molar-refractivity contribution in [3.63, 3.8) is 0 Å². The Kier molecular flexibility index (Phi) is 13.9. The summed E-state index contributed by atoms with van der Waals surface area (Å²) in [7, 11) is -9.80. The number of methoxy groups -OCH3 is 2. The van der Waals surface area contributed by atoms with E-state index in [-0.39, 0.29) is 33.6 Å². The van der Waals surface area contributed by atoms with E-state index >= 15 is 0 Å². The molecule has 0 bridgehead atoms. The van der Waals surface area contributed by atoms with E-state index in [1.54, 1.807) is 31.2 Å². The van der Waals surface area contributed by atoms with Gasteiger partial charge in [-0.3, -0.25) is 9.11 Å². The number of phenolic OH excluding ortho intramolecular Hbond substituents is 1. The molecule has 316 valence electrons. The molecule has 6 N–H and O–H groups in total. The first-order chi connectivity index (χ1) is 28.8. The van der Waals surface area contributed by atoms with Gasteiger partial charge < -0.3 is 25.6 Å². The molecule has 0 aliphatic carbocycles. The van der Waals surface area contributed by atoms with Crippen LogP contribution in [0.1, 0.15) is 11.1 Å². The van der Waals surface area contributed by atoms with E-state index in [9.17, 15) is 31.0 Å². The summed E-state index contributed by atoms with van der Waals surface area (Å²) in [5.74, 6) is -0.00777. The highest BCUT2D eigenvalue weighted by Gasteiger charge is 2.23. The number of nitrogen functional groups attached to an aromatic ring is 1. The lowest BCUT2D eigenvalue weighted by Gasteiger charge is -2.13. The molecule has 0 amide bonds. The molecule has 0 atom stereocenters. The van der Waals surface area contributed by atoms with Gasteiger partial charge >= 0.3 is 10.6 Å². The lowest BCUT2D eigenvalue weighted by Crippen LogP contribution is -2.04. The Morgan fingerprint density at radius 3 is 1.64 bits per heavy atom. The topological polar surface area (TPSA) is 311 Å². The molecule has 61 heavy (non-hydrogen) atoms. The van der Waals surface area contributed by atoms with E-state index in [0.29, 0.717) is 39.7 Å². The van der Waals surface area contributed by atoms with E-state index in [0.717, 1.165) is 17.7 Å². The van der Waals surface area contributed by atoms with Gasteiger partial charge in [0.05, 0.1) is 37.0 Å². The van der Waals surface area contributed by atoms with Crippen molar-refractivity contribution < 1.29 is 53.1 Å². The maximum atomic E-state index is 12.6. The SMILES string of the molecule is COc1cc(N=Nc2ccccc2)c(C)cc1N=Nc1cc(OC)c(N=Nc2c(S(=O)(=O)O)cc3cc(Nc4ccc(N)c(S(=O)(=O)O)c4)ccc3c2O)cc1C.O=S(=O)=O. The first-order valence-corrected chi connectivity index (χ1v) is 21.0. The van der Waals surface area contributed by atoms with Crippen LogP contribution >= 0.6 is 0 Å². The normalized spacial score (nSPS) is 11.8. The first kappa shape index (κ1) is 44.9. The van der Waals surface area contributed by atoms with Gasteiger partial charge in [0.15, 0.2) is 5.75 Å². The second-order valence-corrected chi connectivity index (χ2v) is 15.8. The predicted octanol–water partition coefficient (Wildman–Crippen LogP) is 9.24. The molecular formula is C38H34N8O12S3. The van der Waals surface area contributed by atoms with Gasteiger partial charge in [0.1, 0.15) is 38.4 Å². The number of aromatic hydroxyl groups is 1. The van der Waals surface area contributed by atoms with Crippen molar-refractivity contribution >= 4 is 92.8 Å². The van der Waals surface area contributed by atoms with Crippen molar-refractivity contribution in [3.8, 4) is 17.2 Å². The summed E-state index contributed by atoms with van der Waals surface area (Å²) in [6.07, 6.45) is 0. The number of nitrogens with two attached hydrogens (primary N) is 1. The highest BCUT2D eigenvalue weighted by Crippen LogP contribution is 2.44. The monoisotopic (exact) mass is 890 g/mol. The van der Waals surface area contributed by atoms with E-state index in [4.69, 9.17) is 27.8 Å². The zero-order valence-corrected chi connectivity index (χ0v) is 34.7. The number of hydrogen-bond donors (Lipinski definition) is 5. The Hall–Kier alpha value is -7.18. The van der Waals surface area contributed by atoms with Gasteiger partial charge in [-0.2, -0.15) is 32.2 Å². The second-order valence-electron chi connectivity index (χ2n) is 12.6. The van der Waals surface area contributed by atoms with Gasteiger partial charge in [-0.05, 0) is 97.1 Å². The molecule has 6 aromatic carbocycles. The lowest BCUT2D eigenvalue weighted by molar-refractivity contribution is 0.415. The molecule has 23 heteroatoms. The van der Waals surface area contributed by atoms with Crippen LogP contribution in [0.2, 0.25) is 0 Å². The number of nitrogens with one attached hydrogen (secondary N) is 1. The van der Waals surface area contributed by atoms with Gasteiger partial charge in [-0.1, -0.05) is 18.2 Å². The number of nitrogens with zero attached hydrogens (tertiary/aromatic N) is 6. The van der Waals surface area contributed by atoms with Gasteiger partial charge in [-0.15, -0.1) is 28.0 Å². The fourth-order valence-electron chi connectivity index (χ4n) is 5.57. The molecule has 6 rings (SSSR count). The molecule has 0 fully saturated rings. The van der Waals surface area contributed by atoms with E-state index in [1.807, 2.05) is 37.3 Å². The molecule has 0 aromatic heterocycles. The third-order valence-electron chi connectivity index (χ3n) is 8.46. The number of hydrogen-bond acceptors (Lipinski definition) is 18. The zero-order valence-electron chi connectivity index (χ0n) is 32.2. The number of anilines is 3. The summed E-state index contributed by atoms with van der Waals surface area (Å²) < 4.78 is 105. The number of rotatable bonds is 12. The lowest BCUT2D eigenvalue weighted by atomic mass is 10.1. The number of phenols is 1. The fraction of sp³-hybridized carbons (Fsp3) is 0.105. The summed E-state index contributed by atoms with van der Waals surface area (Å²) in [6.45, 7) is 3.59. The van der Waals surface area contributed by atoms with Crippen LogP contribution in [0.4, 0.5) is 51.2 Å². The average Bonchev–Trinajstić information content (AvgIpc) is 3.19. The van der Waals surface area contributed by atoms with Crippen LogP contribution in [-0.4, -0.2) is 57.9 Å². The standard InChI is InChI=1S/C38H34N8O9S2.O3S/c1-21-14-31(33(54-3)19-29(21)42-41-24-8-6-5-7-9-24)44-43-30-20-34(55-4)32(15-22(30)2)45-46-37-36(57(51,52)53)17-23-16-25(10-12-27(23)38(37)47)40-26-11-13-28(39)35(18-26)56(48,49)50;1-4(2)3/h5-20,40,47H,39H2,1-4H3,(H,48,49,50)(H,51,52,53);. The molecule has 0 unspecified atom stereocenters. The van der Waals surface area contributed by atoms with Crippen molar-refractivity contribution in [2.45, 2.75) is 23.6 Å². The fourth-order valence-corrected chi connectivity index (χ4v) is 6.87. The number of azo groups is 3. The third kappa shape index (κ3) is 11.3. The van der Waals surface area contributed by atoms with E-state index < -0.39 is 52.1 Å². The first-order valence-electron chi connectivity index (χ1n) is 17.1. The summed E-state index contributed by atoms with van der Waals surface area (Å²) in [6, 6.07) is 25.2. The Balaban J connectivity index is 0.00000168. The minimum absolute atomic E-state index is 0.142. The van der Waals surface area contributed by atoms with Gasteiger partial charge in [0, 0.05) is 28.9 Å². The van der Waals surface area contributed by atoms with Crippen LogP contribution in [0.3, 0.4) is 0 Å². The Labute approximate surface area is 349 Å². The van der Waals surface area contributed by atoms with Gasteiger partial charge in [0.2, 0.25) is 0 Å². The molecule has 0 spiro atoms. The van der Waals surface area contributed by atoms with Crippen LogP contribution in [0.15, 0.2) is 138 Å². The minimum Gasteiger partial charge on any atom is -0.505 e. The number of ether oxygens (including phenoxy) is 2. The quantitative estimate of drug-likeness (QED) is 0.0434. The average molecular weight is 891 g/mol. The van der Waals surface area contributed by atoms with Crippen molar-refractivity contribution in [2.75, 3.05) is 25.3 Å². The highest BCUT2D eigenvalue weighted by atomic mass is 32.2. The summed E-state index contributed by atoms with van der Waals surface area (Å²) in [5.41, 5.74) is 9.15. The number of aryl methyl sites for hydroxylation is 2. The highest BCUT2D eigenvalue weighted by molar-refractivity contribution is 7.86.